The molecule has 4 heteroatoms. The average Bonchev–Trinajstić information content (AvgIpc) is 2.49. The van der Waals surface area contributed by atoms with Crippen LogP contribution >= 0.6 is 0 Å². The van der Waals surface area contributed by atoms with Crippen LogP contribution in [-0.4, -0.2) is 44.0 Å². The zero-order valence-corrected chi connectivity index (χ0v) is 12.4. The van der Waals surface area contributed by atoms with Crippen LogP contribution in [-0.2, 0) is 4.79 Å². The van der Waals surface area contributed by atoms with Gasteiger partial charge in [-0.15, -0.1) is 0 Å². The molecule has 2 unspecified atom stereocenters. The first-order valence-corrected chi connectivity index (χ1v) is 7.41. The third-order valence-electron chi connectivity index (χ3n) is 3.90. The van der Waals surface area contributed by atoms with Crippen LogP contribution in [0, 0.1) is 0 Å². The number of nitrogens with zero attached hydrogens (tertiary/aromatic N) is 1. The summed E-state index contributed by atoms with van der Waals surface area (Å²) in [6.07, 6.45) is 3.26. The van der Waals surface area contributed by atoms with Gasteiger partial charge in [0, 0.05) is 6.54 Å². The van der Waals surface area contributed by atoms with Gasteiger partial charge in [0.25, 0.3) is 0 Å². The summed E-state index contributed by atoms with van der Waals surface area (Å²) in [7, 11) is 4.09. The molecule has 0 radical (unpaired) electrons. The molecule has 1 saturated heterocycles. The first-order chi connectivity index (χ1) is 9.68. The number of nitrogens with one attached hydrogen (secondary N) is 2. The number of piperidine rings is 1. The first-order valence-electron chi connectivity index (χ1n) is 7.41. The van der Waals surface area contributed by atoms with E-state index in [0.29, 0.717) is 6.54 Å². The Kier molecular flexibility index (Phi) is 5.56. The van der Waals surface area contributed by atoms with Crippen LogP contribution in [0.15, 0.2) is 30.3 Å². The summed E-state index contributed by atoms with van der Waals surface area (Å²) in [5.41, 5.74) is 1.23. The molecule has 0 saturated carbocycles. The molecule has 0 aliphatic carbocycles. The zero-order chi connectivity index (χ0) is 14.4. The van der Waals surface area contributed by atoms with Gasteiger partial charge in [-0.2, -0.15) is 0 Å². The maximum atomic E-state index is 12.2. The van der Waals surface area contributed by atoms with Crippen molar-refractivity contribution in [1.82, 2.24) is 15.5 Å². The standard InChI is InChI=1S/C16H25N3O/c1-19(2)15(13-8-4-3-5-9-13)12-18-16(20)14-10-6-7-11-17-14/h3-5,8-9,14-15,17H,6-7,10-12H2,1-2H3,(H,18,20). The summed E-state index contributed by atoms with van der Waals surface area (Å²) in [5, 5.41) is 6.38. The Morgan fingerprint density at radius 2 is 2.10 bits per heavy atom. The molecule has 2 atom stereocenters. The minimum absolute atomic E-state index is 0.0117. The van der Waals surface area contributed by atoms with E-state index in [2.05, 4.69) is 27.7 Å². The van der Waals surface area contributed by atoms with E-state index in [1.54, 1.807) is 0 Å². The number of hydrogen-bond donors (Lipinski definition) is 2. The second-order valence-corrected chi connectivity index (χ2v) is 5.64. The highest BCUT2D eigenvalue weighted by Gasteiger charge is 2.22. The van der Waals surface area contributed by atoms with Crippen molar-refractivity contribution in [3.63, 3.8) is 0 Å². The normalized spacial score (nSPS) is 20.6. The van der Waals surface area contributed by atoms with Gasteiger partial charge < -0.3 is 15.5 Å². The van der Waals surface area contributed by atoms with Crippen molar-refractivity contribution >= 4 is 5.91 Å². The fourth-order valence-corrected chi connectivity index (χ4v) is 2.67. The second-order valence-electron chi connectivity index (χ2n) is 5.64. The molecule has 110 valence electrons. The number of likely N-dealkylation sites (N-methyl/N-ethyl adjacent to an activating group) is 1. The minimum atomic E-state index is -0.0117. The lowest BCUT2D eigenvalue weighted by molar-refractivity contribution is -0.123. The number of carbonyl (C=O) groups is 1. The predicted molar refractivity (Wildman–Crippen MR) is 81.5 cm³/mol. The van der Waals surface area contributed by atoms with E-state index in [0.717, 1.165) is 19.4 Å². The average molecular weight is 275 g/mol. The summed E-state index contributed by atoms with van der Waals surface area (Å²) >= 11 is 0. The van der Waals surface area contributed by atoms with Crippen molar-refractivity contribution < 1.29 is 4.79 Å². The molecule has 2 rings (SSSR count). The van der Waals surface area contributed by atoms with Gasteiger partial charge in [-0.25, -0.2) is 0 Å². The molecule has 1 aromatic carbocycles. The largest absolute Gasteiger partial charge is 0.353 e. The summed E-state index contributed by atoms with van der Waals surface area (Å²) in [4.78, 5) is 14.3. The fourth-order valence-electron chi connectivity index (χ4n) is 2.67. The van der Waals surface area contributed by atoms with Crippen LogP contribution in [0.3, 0.4) is 0 Å². The SMILES string of the molecule is CN(C)C(CNC(=O)C1CCCCN1)c1ccccc1. The quantitative estimate of drug-likeness (QED) is 0.857. The second kappa shape index (κ2) is 7.41. The van der Waals surface area contributed by atoms with Crippen LogP contribution in [0.5, 0.6) is 0 Å². The van der Waals surface area contributed by atoms with Gasteiger partial charge in [-0.1, -0.05) is 36.8 Å². The Morgan fingerprint density at radius 3 is 2.70 bits per heavy atom. The van der Waals surface area contributed by atoms with Crippen LogP contribution in [0.2, 0.25) is 0 Å². The molecular formula is C16H25N3O. The summed E-state index contributed by atoms with van der Waals surface area (Å²) < 4.78 is 0. The highest BCUT2D eigenvalue weighted by molar-refractivity contribution is 5.81. The van der Waals surface area contributed by atoms with Gasteiger partial charge in [0.05, 0.1) is 12.1 Å². The number of carbonyl (C=O) groups excluding carboxylic acids is 1. The van der Waals surface area contributed by atoms with Crippen molar-refractivity contribution in [3.8, 4) is 0 Å². The van der Waals surface area contributed by atoms with Gasteiger partial charge in [0.15, 0.2) is 0 Å². The van der Waals surface area contributed by atoms with Gasteiger partial charge in [0.1, 0.15) is 0 Å². The lowest BCUT2D eigenvalue weighted by atomic mass is 10.0. The smallest absolute Gasteiger partial charge is 0.237 e. The highest BCUT2D eigenvalue weighted by Crippen LogP contribution is 2.17. The van der Waals surface area contributed by atoms with E-state index >= 15 is 0 Å². The zero-order valence-electron chi connectivity index (χ0n) is 12.4. The van der Waals surface area contributed by atoms with Gasteiger partial charge in [0.2, 0.25) is 5.91 Å². The van der Waals surface area contributed by atoms with Crippen LogP contribution in [0.25, 0.3) is 0 Å². The molecule has 0 spiro atoms. The van der Waals surface area contributed by atoms with Crippen molar-refractivity contribution in [3.05, 3.63) is 35.9 Å². The molecule has 2 N–H and O–H groups in total. The number of amides is 1. The van der Waals surface area contributed by atoms with Crippen LogP contribution in [0.4, 0.5) is 0 Å². The maximum absolute atomic E-state index is 12.2. The lowest BCUT2D eigenvalue weighted by Crippen LogP contribution is -2.48. The number of rotatable bonds is 5. The van der Waals surface area contributed by atoms with Crippen molar-refractivity contribution in [2.75, 3.05) is 27.2 Å². The van der Waals surface area contributed by atoms with Gasteiger partial charge in [-0.3, -0.25) is 4.79 Å². The van der Waals surface area contributed by atoms with Crippen LogP contribution < -0.4 is 10.6 Å². The molecule has 1 heterocycles. The molecule has 4 nitrogen and oxygen atoms in total. The van der Waals surface area contributed by atoms with Crippen molar-refractivity contribution in [2.45, 2.75) is 31.3 Å². The Labute approximate surface area is 121 Å². The maximum Gasteiger partial charge on any atom is 0.237 e. The number of benzene rings is 1. The monoisotopic (exact) mass is 275 g/mol. The van der Waals surface area contributed by atoms with Gasteiger partial charge in [-0.05, 0) is 39.0 Å². The van der Waals surface area contributed by atoms with E-state index in [9.17, 15) is 4.79 Å². The molecule has 1 aliphatic heterocycles. The molecular weight excluding hydrogens is 250 g/mol. The summed E-state index contributed by atoms with van der Waals surface area (Å²) in [6.45, 7) is 1.60. The van der Waals surface area contributed by atoms with Crippen molar-refractivity contribution in [1.29, 1.82) is 0 Å². The highest BCUT2D eigenvalue weighted by atomic mass is 16.2. The molecule has 20 heavy (non-hydrogen) atoms. The van der Waals surface area contributed by atoms with E-state index in [-0.39, 0.29) is 18.0 Å². The minimum Gasteiger partial charge on any atom is -0.353 e. The Hall–Kier alpha value is -1.39. The Bertz CT molecular complexity index is 413. The van der Waals surface area contributed by atoms with E-state index in [1.165, 1.54) is 12.0 Å². The molecule has 1 aromatic rings. The molecule has 0 bridgehead atoms. The Balaban J connectivity index is 1.91. The fraction of sp³-hybridized carbons (Fsp3) is 0.562. The third-order valence-corrected chi connectivity index (χ3v) is 3.90. The third kappa shape index (κ3) is 4.05. The van der Waals surface area contributed by atoms with Crippen molar-refractivity contribution in [2.24, 2.45) is 0 Å². The Morgan fingerprint density at radius 1 is 1.35 bits per heavy atom. The van der Waals surface area contributed by atoms with E-state index in [1.807, 2.05) is 32.3 Å². The first kappa shape index (κ1) is 15.0. The number of hydrogen-bond acceptors (Lipinski definition) is 3. The molecule has 0 aromatic heterocycles. The topological polar surface area (TPSA) is 44.4 Å². The lowest BCUT2D eigenvalue weighted by Gasteiger charge is -2.27. The van der Waals surface area contributed by atoms with E-state index in [4.69, 9.17) is 0 Å². The molecule has 1 fully saturated rings. The van der Waals surface area contributed by atoms with Gasteiger partial charge >= 0.3 is 0 Å². The summed E-state index contributed by atoms with van der Waals surface area (Å²) in [6, 6.07) is 10.5. The molecule has 1 aliphatic rings. The van der Waals surface area contributed by atoms with Crippen LogP contribution in [0.1, 0.15) is 30.9 Å². The molecule has 1 amide bonds. The predicted octanol–water partition coefficient (Wildman–Crippen LogP) is 1.55. The summed E-state index contributed by atoms with van der Waals surface area (Å²) in [5.74, 6) is 0.132. The van der Waals surface area contributed by atoms with E-state index < -0.39 is 0 Å².